The molecule has 2 aliphatic carbocycles. The molecule has 4 rings (SSSR count). The number of fused-ring (bicyclic) bond motifs is 1. The van der Waals surface area contributed by atoms with E-state index >= 15 is 0 Å². The van der Waals surface area contributed by atoms with Crippen molar-refractivity contribution < 1.29 is 15.0 Å². The van der Waals surface area contributed by atoms with Crippen LogP contribution in [0.3, 0.4) is 0 Å². The number of hydrogen-bond donors (Lipinski definition) is 2. The van der Waals surface area contributed by atoms with Gasteiger partial charge in [0.1, 0.15) is 5.75 Å². The Morgan fingerprint density at radius 1 is 1.41 bits per heavy atom. The number of piperidine rings is 1. The lowest BCUT2D eigenvalue weighted by molar-refractivity contribution is -0.118. The number of allylic oxidation sites excluding steroid dienone is 1. The quantitative estimate of drug-likeness (QED) is 0.825. The van der Waals surface area contributed by atoms with Gasteiger partial charge in [0.2, 0.25) is 0 Å². The lowest BCUT2D eigenvalue weighted by Gasteiger charge is -2.56. The normalized spacial score (nSPS) is 33.5. The molecule has 3 aliphatic rings. The molecule has 1 aliphatic heterocycles. The Kier molecular flexibility index (Phi) is 2.97. The minimum Gasteiger partial charge on any atom is -0.507 e. The van der Waals surface area contributed by atoms with Gasteiger partial charge in [-0.2, -0.15) is 0 Å². The van der Waals surface area contributed by atoms with Crippen LogP contribution in [0.1, 0.15) is 29.5 Å². The van der Waals surface area contributed by atoms with Crippen molar-refractivity contribution in [2.45, 2.75) is 37.3 Å². The molecule has 2 bridgehead atoms. The van der Waals surface area contributed by atoms with E-state index in [9.17, 15) is 15.0 Å². The van der Waals surface area contributed by atoms with Crippen molar-refractivity contribution in [3.63, 3.8) is 0 Å². The molecular formula is C18H21NO3. The van der Waals surface area contributed by atoms with Crippen LogP contribution in [0.5, 0.6) is 5.75 Å². The number of likely N-dealkylation sites (N-methyl/N-ethyl adjacent to an activating group) is 1. The van der Waals surface area contributed by atoms with Crippen LogP contribution < -0.4 is 0 Å². The highest BCUT2D eigenvalue weighted by Crippen LogP contribution is 2.55. The topological polar surface area (TPSA) is 60.8 Å². The van der Waals surface area contributed by atoms with Gasteiger partial charge >= 0.3 is 0 Å². The SMILES string of the molecule is CN1CC[C@]23CC(=O)C=C[C@H]2[C@H]1Cc1ccc(CO)c(O)c13. The van der Waals surface area contributed by atoms with Crippen LogP contribution in [0.4, 0.5) is 0 Å². The number of rotatable bonds is 1. The summed E-state index contributed by atoms with van der Waals surface area (Å²) in [7, 11) is 2.14. The number of benzene rings is 1. The molecule has 3 atom stereocenters. The molecular weight excluding hydrogens is 278 g/mol. The number of aromatic hydroxyl groups is 1. The summed E-state index contributed by atoms with van der Waals surface area (Å²) >= 11 is 0. The van der Waals surface area contributed by atoms with E-state index in [0.29, 0.717) is 18.0 Å². The van der Waals surface area contributed by atoms with Gasteiger partial charge in [0.15, 0.2) is 5.78 Å². The lowest BCUT2D eigenvalue weighted by atomic mass is 9.53. The van der Waals surface area contributed by atoms with E-state index in [1.54, 1.807) is 12.1 Å². The summed E-state index contributed by atoms with van der Waals surface area (Å²) in [6.45, 7) is 0.761. The number of carbonyl (C=O) groups is 1. The summed E-state index contributed by atoms with van der Waals surface area (Å²) in [6, 6.07) is 4.21. The maximum Gasteiger partial charge on any atom is 0.156 e. The van der Waals surface area contributed by atoms with Crippen molar-refractivity contribution in [1.82, 2.24) is 4.90 Å². The molecule has 1 aromatic rings. The van der Waals surface area contributed by atoms with Crippen molar-refractivity contribution in [2.75, 3.05) is 13.6 Å². The second-order valence-electron chi connectivity index (χ2n) is 6.95. The van der Waals surface area contributed by atoms with Gasteiger partial charge in [0.05, 0.1) is 6.61 Å². The van der Waals surface area contributed by atoms with Crippen molar-refractivity contribution in [3.05, 3.63) is 41.0 Å². The van der Waals surface area contributed by atoms with Gasteiger partial charge in [-0.05, 0) is 38.1 Å². The van der Waals surface area contributed by atoms with Crippen LogP contribution in [0.2, 0.25) is 0 Å². The summed E-state index contributed by atoms with van der Waals surface area (Å²) in [4.78, 5) is 14.5. The molecule has 116 valence electrons. The fraction of sp³-hybridized carbons (Fsp3) is 0.500. The molecule has 1 fully saturated rings. The van der Waals surface area contributed by atoms with Gasteiger partial charge < -0.3 is 15.1 Å². The number of hydrogen-bond acceptors (Lipinski definition) is 4. The van der Waals surface area contributed by atoms with E-state index in [1.165, 1.54) is 0 Å². The summed E-state index contributed by atoms with van der Waals surface area (Å²) in [5, 5.41) is 20.2. The third-order valence-electron chi connectivity index (χ3n) is 5.95. The fourth-order valence-corrected chi connectivity index (χ4v) is 4.87. The highest BCUT2D eigenvalue weighted by Gasteiger charge is 2.54. The Labute approximate surface area is 130 Å². The number of phenols is 1. The Morgan fingerprint density at radius 3 is 3.00 bits per heavy atom. The van der Waals surface area contributed by atoms with Gasteiger partial charge in [-0.15, -0.1) is 0 Å². The van der Waals surface area contributed by atoms with E-state index in [1.807, 2.05) is 6.07 Å². The van der Waals surface area contributed by atoms with Crippen LogP contribution in [-0.4, -0.2) is 40.5 Å². The first-order valence-electron chi connectivity index (χ1n) is 7.93. The molecule has 1 heterocycles. The first-order chi connectivity index (χ1) is 10.6. The molecule has 2 N–H and O–H groups in total. The molecule has 0 unspecified atom stereocenters. The molecule has 1 saturated heterocycles. The van der Waals surface area contributed by atoms with E-state index < -0.39 is 0 Å². The summed E-state index contributed by atoms with van der Waals surface area (Å²) in [6.07, 6.45) is 5.99. The standard InChI is InChI=1S/C18H21NO3/c1-19-7-6-18-9-13(21)4-5-14(18)15(19)8-11-2-3-12(10-20)17(22)16(11)18/h2-5,14-15,20,22H,6-10H2,1H3/t14-,15+,18-/m0/s1. The Hall–Kier alpha value is -1.65. The van der Waals surface area contributed by atoms with E-state index in [-0.39, 0.29) is 29.5 Å². The molecule has 1 aromatic carbocycles. The smallest absolute Gasteiger partial charge is 0.156 e. The largest absolute Gasteiger partial charge is 0.507 e. The molecule has 0 spiro atoms. The van der Waals surface area contributed by atoms with Crippen molar-refractivity contribution >= 4 is 5.78 Å². The van der Waals surface area contributed by atoms with Crippen LogP contribution in [0, 0.1) is 5.92 Å². The zero-order chi connectivity index (χ0) is 15.5. The molecule has 0 saturated carbocycles. The number of carbonyl (C=O) groups excluding carboxylic acids is 1. The highest BCUT2D eigenvalue weighted by atomic mass is 16.3. The van der Waals surface area contributed by atoms with Crippen LogP contribution in [0.15, 0.2) is 24.3 Å². The first kappa shape index (κ1) is 14.0. The molecule has 0 amide bonds. The molecule has 4 heteroatoms. The molecule has 4 nitrogen and oxygen atoms in total. The Bertz CT molecular complexity index is 681. The van der Waals surface area contributed by atoms with Gasteiger partial charge in [-0.25, -0.2) is 0 Å². The second-order valence-corrected chi connectivity index (χ2v) is 6.95. The molecule has 0 aromatic heterocycles. The van der Waals surface area contributed by atoms with Crippen molar-refractivity contribution in [2.24, 2.45) is 5.92 Å². The van der Waals surface area contributed by atoms with E-state index in [2.05, 4.69) is 18.0 Å². The van der Waals surface area contributed by atoms with Gasteiger partial charge in [0, 0.05) is 34.9 Å². The fourth-order valence-electron chi connectivity index (χ4n) is 4.87. The number of nitrogens with zero attached hydrogens (tertiary/aromatic N) is 1. The zero-order valence-corrected chi connectivity index (χ0v) is 12.7. The monoisotopic (exact) mass is 299 g/mol. The molecule has 0 radical (unpaired) electrons. The Morgan fingerprint density at radius 2 is 2.23 bits per heavy atom. The maximum atomic E-state index is 12.1. The minimum absolute atomic E-state index is 0.140. The predicted octanol–water partition coefficient (Wildman–Crippen LogP) is 1.53. The van der Waals surface area contributed by atoms with Crippen molar-refractivity contribution in [3.8, 4) is 5.75 Å². The van der Waals surface area contributed by atoms with Crippen LogP contribution in [-0.2, 0) is 23.2 Å². The third-order valence-corrected chi connectivity index (χ3v) is 5.95. The average molecular weight is 299 g/mol. The summed E-state index contributed by atoms with van der Waals surface area (Å²) < 4.78 is 0. The van der Waals surface area contributed by atoms with Gasteiger partial charge in [0.25, 0.3) is 0 Å². The van der Waals surface area contributed by atoms with Crippen molar-refractivity contribution in [1.29, 1.82) is 0 Å². The Balaban J connectivity index is 1.98. The highest BCUT2D eigenvalue weighted by molar-refractivity contribution is 5.92. The number of ketones is 1. The van der Waals surface area contributed by atoms with Gasteiger partial charge in [-0.1, -0.05) is 18.2 Å². The van der Waals surface area contributed by atoms with Crippen LogP contribution >= 0.6 is 0 Å². The first-order valence-corrected chi connectivity index (χ1v) is 7.93. The van der Waals surface area contributed by atoms with Crippen LogP contribution in [0.25, 0.3) is 0 Å². The molecule has 22 heavy (non-hydrogen) atoms. The minimum atomic E-state index is -0.300. The zero-order valence-electron chi connectivity index (χ0n) is 12.7. The van der Waals surface area contributed by atoms with E-state index in [0.717, 1.165) is 30.5 Å². The lowest BCUT2D eigenvalue weighted by Crippen LogP contribution is -2.59. The second kappa shape index (κ2) is 4.67. The van der Waals surface area contributed by atoms with E-state index in [4.69, 9.17) is 0 Å². The maximum absolute atomic E-state index is 12.1. The van der Waals surface area contributed by atoms with Gasteiger partial charge in [-0.3, -0.25) is 4.79 Å². The third kappa shape index (κ3) is 1.68. The summed E-state index contributed by atoms with van der Waals surface area (Å²) in [5.41, 5.74) is 2.31. The predicted molar refractivity (Wildman–Crippen MR) is 82.7 cm³/mol. The number of aliphatic hydroxyl groups excluding tert-OH is 1. The average Bonchev–Trinajstić information content (AvgIpc) is 2.50. The number of likely N-dealkylation sites (tertiary alicyclic amines) is 1. The summed E-state index contributed by atoms with van der Waals surface area (Å²) in [5.74, 6) is 0.605. The number of aliphatic hydroxyl groups is 1.